The molecule has 136 valence electrons. The van der Waals surface area contributed by atoms with Gasteiger partial charge in [0.15, 0.2) is 0 Å². The van der Waals surface area contributed by atoms with Gasteiger partial charge < -0.3 is 0 Å². The summed E-state index contributed by atoms with van der Waals surface area (Å²) in [7, 11) is 0. The van der Waals surface area contributed by atoms with Gasteiger partial charge in [-0.15, -0.1) is 0 Å². The van der Waals surface area contributed by atoms with E-state index in [1.54, 1.807) is 0 Å². The fourth-order valence-corrected chi connectivity index (χ4v) is 7.57. The van der Waals surface area contributed by atoms with Crippen LogP contribution < -0.4 is 5.32 Å². The molecule has 0 atom stereocenters. The van der Waals surface area contributed by atoms with Crippen molar-refractivity contribution >= 4 is 27.2 Å². The monoisotopic (exact) mass is 433 g/mol. The molecule has 0 aromatic heterocycles. The maximum atomic E-state index is 11.9. The van der Waals surface area contributed by atoms with E-state index >= 15 is 0 Å². The molecule has 0 bridgehead atoms. The van der Waals surface area contributed by atoms with Crippen LogP contribution in [-0.2, 0) is 4.74 Å². The minimum absolute atomic E-state index is 0.242. The molecular formula is C19H39NO2Sn. The second-order valence-corrected chi connectivity index (χ2v) is 12.7. The van der Waals surface area contributed by atoms with Gasteiger partial charge in [-0.3, -0.25) is 0 Å². The summed E-state index contributed by atoms with van der Waals surface area (Å²) in [5, 5.41) is 3.04. The number of hydrogen-bond donors (Lipinski definition) is 1. The summed E-state index contributed by atoms with van der Waals surface area (Å²) >= 11 is -0.670. The van der Waals surface area contributed by atoms with E-state index in [0.29, 0.717) is 3.43 Å². The van der Waals surface area contributed by atoms with E-state index in [9.17, 15) is 4.79 Å². The fourth-order valence-electron chi connectivity index (χ4n) is 2.80. The molecule has 0 aliphatic carbocycles. The quantitative estimate of drug-likeness (QED) is 0.390. The molecule has 0 heterocycles. The van der Waals surface area contributed by atoms with Gasteiger partial charge in [-0.2, -0.15) is 0 Å². The predicted molar refractivity (Wildman–Crippen MR) is 101 cm³/mol. The molecule has 0 unspecified atom stereocenters. The SMILES string of the molecule is CCCC[C](CCCC)(CCCC)[Sn][CH2]NC(=O)OC(C)(C)C. The zero-order valence-electron chi connectivity index (χ0n) is 16.4. The van der Waals surface area contributed by atoms with Gasteiger partial charge in [0.25, 0.3) is 0 Å². The number of rotatable bonds is 12. The normalized spacial score (nSPS) is 12.3. The van der Waals surface area contributed by atoms with Gasteiger partial charge >= 0.3 is 155 Å². The van der Waals surface area contributed by atoms with Crippen molar-refractivity contribution in [3.63, 3.8) is 0 Å². The third-order valence-corrected chi connectivity index (χ3v) is 9.41. The van der Waals surface area contributed by atoms with Crippen molar-refractivity contribution in [2.45, 2.75) is 108 Å². The van der Waals surface area contributed by atoms with Crippen molar-refractivity contribution in [2.75, 3.05) is 4.56 Å². The van der Waals surface area contributed by atoms with E-state index in [1.807, 2.05) is 20.8 Å². The number of unbranched alkanes of at least 4 members (excludes halogenated alkanes) is 3. The first kappa shape index (κ1) is 23.1. The van der Waals surface area contributed by atoms with Crippen LogP contribution in [0.5, 0.6) is 0 Å². The summed E-state index contributed by atoms with van der Waals surface area (Å²) in [6, 6.07) is 0. The Morgan fingerprint density at radius 3 is 1.70 bits per heavy atom. The second-order valence-electron chi connectivity index (χ2n) is 7.62. The molecule has 4 heteroatoms. The average molecular weight is 432 g/mol. The first-order chi connectivity index (χ1) is 10.8. The Morgan fingerprint density at radius 1 is 0.913 bits per heavy atom. The Hall–Kier alpha value is 0.0687. The summed E-state index contributed by atoms with van der Waals surface area (Å²) in [4.78, 5) is 11.9. The molecule has 0 saturated carbocycles. The number of hydrogen-bond acceptors (Lipinski definition) is 2. The molecule has 0 aromatic rings. The first-order valence-electron chi connectivity index (χ1n) is 9.50. The number of nitrogens with one attached hydrogen (secondary N) is 1. The van der Waals surface area contributed by atoms with Crippen molar-refractivity contribution in [3.8, 4) is 0 Å². The molecule has 0 aliphatic heterocycles. The number of amides is 1. The molecule has 0 rings (SSSR count). The van der Waals surface area contributed by atoms with Crippen LogP contribution in [0.3, 0.4) is 0 Å². The van der Waals surface area contributed by atoms with E-state index in [4.69, 9.17) is 4.74 Å². The molecule has 3 nitrogen and oxygen atoms in total. The van der Waals surface area contributed by atoms with Crippen LogP contribution in [0.2, 0.25) is 3.43 Å². The Bertz CT molecular complexity index is 291. The van der Waals surface area contributed by atoms with Gasteiger partial charge in [-0.05, 0) is 0 Å². The van der Waals surface area contributed by atoms with Crippen molar-refractivity contribution in [1.29, 1.82) is 0 Å². The zero-order valence-corrected chi connectivity index (χ0v) is 19.2. The van der Waals surface area contributed by atoms with Crippen molar-refractivity contribution in [2.24, 2.45) is 0 Å². The summed E-state index contributed by atoms with van der Waals surface area (Å²) in [5.74, 6) is 0. The van der Waals surface area contributed by atoms with Gasteiger partial charge in [-0.25, -0.2) is 0 Å². The summed E-state index contributed by atoms with van der Waals surface area (Å²) in [5.41, 5.74) is -0.404. The summed E-state index contributed by atoms with van der Waals surface area (Å²) in [6.07, 6.45) is 11.7. The molecule has 23 heavy (non-hydrogen) atoms. The van der Waals surface area contributed by atoms with Gasteiger partial charge in [0.1, 0.15) is 0 Å². The van der Waals surface area contributed by atoms with Crippen molar-refractivity contribution in [3.05, 3.63) is 0 Å². The number of alkyl carbamates (subject to hydrolysis) is 1. The Balaban J connectivity index is 4.59. The van der Waals surface area contributed by atoms with Crippen LogP contribution >= 0.6 is 0 Å². The molecule has 1 amide bonds. The van der Waals surface area contributed by atoms with Crippen LogP contribution in [-0.4, -0.2) is 37.4 Å². The molecule has 2 radical (unpaired) electrons. The van der Waals surface area contributed by atoms with Gasteiger partial charge in [-0.1, -0.05) is 0 Å². The number of carbonyl (C=O) groups is 1. The standard InChI is InChI=1S/C13H27.C6H12NO2.Sn/c1-4-7-10-13(11-8-5-2)12-9-6-3;1-6(2,3)9-5(8)7-4;/h4-12H2,1-3H3;4H2,1-3H3,(H,7,8);. The van der Waals surface area contributed by atoms with E-state index in [0.717, 1.165) is 4.56 Å². The van der Waals surface area contributed by atoms with Crippen LogP contribution in [0.25, 0.3) is 0 Å². The van der Waals surface area contributed by atoms with Gasteiger partial charge in [0.05, 0.1) is 0 Å². The average Bonchev–Trinajstić information content (AvgIpc) is 2.46. The Labute approximate surface area is 154 Å². The van der Waals surface area contributed by atoms with Crippen LogP contribution in [0.1, 0.15) is 99.3 Å². The topological polar surface area (TPSA) is 38.3 Å². The summed E-state index contributed by atoms with van der Waals surface area (Å²) < 4.78 is 6.84. The zero-order chi connectivity index (χ0) is 17.8. The molecular weight excluding hydrogens is 393 g/mol. The van der Waals surface area contributed by atoms with E-state index in [1.165, 1.54) is 57.8 Å². The minimum atomic E-state index is -0.670. The third kappa shape index (κ3) is 12.1. The number of carbonyl (C=O) groups excluding carboxylic acids is 1. The molecule has 0 spiro atoms. The van der Waals surface area contributed by atoms with Gasteiger partial charge in [0.2, 0.25) is 0 Å². The third-order valence-electron chi connectivity index (χ3n) is 4.12. The Kier molecular flexibility index (Phi) is 12.5. The maximum absolute atomic E-state index is 11.9. The summed E-state index contributed by atoms with van der Waals surface area (Å²) in [6.45, 7) is 12.6. The van der Waals surface area contributed by atoms with Crippen molar-refractivity contribution < 1.29 is 9.53 Å². The second kappa shape index (κ2) is 12.4. The molecule has 0 saturated heterocycles. The van der Waals surface area contributed by atoms with Gasteiger partial charge in [0, 0.05) is 0 Å². The Morgan fingerprint density at radius 2 is 1.35 bits per heavy atom. The predicted octanol–water partition coefficient (Wildman–Crippen LogP) is 5.90. The van der Waals surface area contributed by atoms with Crippen LogP contribution in [0.15, 0.2) is 0 Å². The molecule has 0 fully saturated rings. The van der Waals surface area contributed by atoms with Crippen LogP contribution in [0.4, 0.5) is 4.79 Å². The fraction of sp³-hybridized carbons (Fsp3) is 0.947. The van der Waals surface area contributed by atoms with E-state index in [-0.39, 0.29) is 6.09 Å². The van der Waals surface area contributed by atoms with Crippen molar-refractivity contribution in [1.82, 2.24) is 5.32 Å². The molecule has 1 N–H and O–H groups in total. The van der Waals surface area contributed by atoms with E-state index < -0.39 is 26.7 Å². The molecule has 0 aromatic carbocycles. The van der Waals surface area contributed by atoms with Crippen LogP contribution in [0, 0.1) is 0 Å². The first-order valence-corrected chi connectivity index (χ1v) is 12.9. The van der Waals surface area contributed by atoms with E-state index in [2.05, 4.69) is 26.1 Å². The molecule has 0 aliphatic rings. The number of ether oxygens (including phenoxy) is 1.